The molecule has 0 radical (unpaired) electrons. The van der Waals surface area contributed by atoms with E-state index in [0.717, 1.165) is 37.5 Å². The van der Waals surface area contributed by atoms with Crippen molar-refractivity contribution in [3.63, 3.8) is 0 Å². The number of halogens is 3. The van der Waals surface area contributed by atoms with E-state index in [0.29, 0.717) is 50.8 Å². The van der Waals surface area contributed by atoms with Gasteiger partial charge in [0.2, 0.25) is 0 Å². The number of carbonyl (C=O) groups is 1. The zero-order valence-corrected chi connectivity index (χ0v) is 18.4. The van der Waals surface area contributed by atoms with Crippen LogP contribution in [-0.4, -0.2) is 50.2 Å². The van der Waals surface area contributed by atoms with Crippen molar-refractivity contribution in [1.29, 1.82) is 0 Å². The molecule has 2 aliphatic heterocycles. The normalized spacial score (nSPS) is 16.9. The Hall–Kier alpha value is -3.34. The molecule has 0 saturated carbocycles. The first-order chi connectivity index (χ1) is 16.2. The van der Waals surface area contributed by atoms with Gasteiger partial charge in [-0.1, -0.05) is 0 Å². The summed E-state index contributed by atoms with van der Waals surface area (Å²) in [6, 6.07) is 7.39. The lowest BCUT2D eigenvalue weighted by Gasteiger charge is -2.31. The number of carbonyl (C=O) groups excluding carboxylic acids is 1. The highest BCUT2D eigenvalue weighted by atomic mass is 19.4. The molecule has 2 heterocycles. The lowest BCUT2D eigenvalue weighted by atomic mass is 10.1. The van der Waals surface area contributed by atoms with Crippen molar-refractivity contribution in [2.45, 2.75) is 25.4 Å². The lowest BCUT2D eigenvalue weighted by molar-refractivity contribution is -0.384. The van der Waals surface area contributed by atoms with Crippen LogP contribution in [0.2, 0.25) is 0 Å². The average Bonchev–Trinajstić information content (AvgIpc) is 2.84. The minimum absolute atomic E-state index is 0.00860. The van der Waals surface area contributed by atoms with Crippen molar-refractivity contribution in [2.75, 3.05) is 54.5 Å². The minimum atomic E-state index is -4.57. The quantitative estimate of drug-likeness (QED) is 0.496. The fourth-order valence-electron chi connectivity index (χ4n) is 4.30. The van der Waals surface area contributed by atoms with Crippen LogP contribution < -0.4 is 15.1 Å². The molecule has 4 rings (SSSR count). The van der Waals surface area contributed by atoms with Crippen molar-refractivity contribution in [3.8, 4) is 0 Å². The Balaban J connectivity index is 1.64. The first-order valence-corrected chi connectivity index (χ1v) is 11.1. The summed E-state index contributed by atoms with van der Waals surface area (Å²) in [5.41, 5.74) is -0.224. The second-order valence-corrected chi connectivity index (χ2v) is 8.29. The smallest absolute Gasteiger partial charge is 0.378 e. The van der Waals surface area contributed by atoms with Gasteiger partial charge in [-0.15, -0.1) is 0 Å². The standard InChI is InChI=1S/C23H25F3N4O4/c24-23(25,26)17-5-7-19(28-8-2-1-3-9-28)18(15-17)27-22(31)16-4-6-20(21(14-16)30(32)33)29-10-12-34-13-11-29/h4-7,14-15H,1-3,8-13H2,(H,27,31). The summed E-state index contributed by atoms with van der Waals surface area (Å²) >= 11 is 0. The SMILES string of the molecule is O=C(Nc1cc(C(F)(F)F)ccc1N1CCCCC1)c1ccc(N2CCOCC2)c([N+](=O)[O-])c1. The first-order valence-electron chi connectivity index (χ1n) is 11.1. The number of amides is 1. The molecule has 34 heavy (non-hydrogen) atoms. The number of nitrogens with zero attached hydrogens (tertiary/aromatic N) is 3. The molecule has 2 aromatic carbocycles. The Labute approximate surface area is 194 Å². The number of nitro benzene ring substituents is 1. The van der Waals surface area contributed by atoms with Gasteiger partial charge in [-0.3, -0.25) is 14.9 Å². The van der Waals surface area contributed by atoms with E-state index in [1.54, 1.807) is 0 Å². The van der Waals surface area contributed by atoms with E-state index in [1.807, 2.05) is 9.80 Å². The predicted molar refractivity (Wildman–Crippen MR) is 122 cm³/mol. The van der Waals surface area contributed by atoms with E-state index < -0.39 is 22.6 Å². The van der Waals surface area contributed by atoms with E-state index >= 15 is 0 Å². The molecule has 2 saturated heterocycles. The van der Waals surface area contributed by atoms with Crippen molar-refractivity contribution in [1.82, 2.24) is 0 Å². The molecular formula is C23H25F3N4O4. The van der Waals surface area contributed by atoms with Crippen molar-refractivity contribution >= 4 is 28.7 Å². The Morgan fingerprint density at radius 1 is 0.941 bits per heavy atom. The second kappa shape index (κ2) is 9.88. The molecule has 0 bridgehead atoms. The molecule has 182 valence electrons. The van der Waals surface area contributed by atoms with Crippen LogP contribution in [-0.2, 0) is 10.9 Å². The van der Waals surface area contributed by atoms with Crippen LogP contribution in [0.4, 0.5) is 35.9 Å². The maximum atomic E-state index is 13.4. The molecule has 11 heteroatoms. The predicted octanol–water partition coefficient (Wildman–Crippen LogP) is 4.69. The minimum Gasteiger partial charge on any atom is -0.378 e. The van der Waals surface area contributed by atoms with E-state index in [4.69, 9.17) is 4.74 Å². The first kappa shape index (κ1) is 23.8. The zero-order chi connectivity index (χ0) is 24.3. The van der Waals surface area contributed by atoms with Crippen LogP contribution in [0.15, 0.2) is 36.4 Å². The molecule has 2 aromatic rings. The van der Waals surface area contributed by atoms with Crippen LogP contribution in [0.25, 0.3) is 0 Å². The Bertz CT molecular complexity index is 1060. The molecule has 8 nitrogen and oxygen atoms in total. The number of ether oxygens (including phenoxy) is 1. The molecule has 0 unspecified atom stereocenters. The number of alkyl halides is 3. The Morgan fingerprint density at radius 2 is 1.59 bits per heavy atom. The molecule has 2 fully saturated rings. The van der Waals surface area contributed by atoms with Gasteiger partial charge in [0.15, 0.2) is 0 Å². The summed E-state index contributed by atoms with van der Waals surface area (Å²) in [6.45, 7) is 3.19. The van der Waals surface area contributed by atoms with Gasteiger partial charge in [-0.2, -0.15) is 13.2 Å². The fourth-order valence-corrected chi connectivity index (χ4v) is 4.30. The van der Waals surface area contributed by atoms with Crippen LogP contribution in [0, 0.1) is 10.1 Å². The molecule has 0 spiro atoms. The third-order valence-corrected chi connectivity index (χ3v) is 6.05. The van der Waals surface area contributed by atoms with E-state index in [9.17, 15) is 28.1 Å². The fraction of sp³-hybridized carbons (Fsp3) is 0.435. The number of morpholine rings is 1. The topological polar surface area (TPSA) is 88.0 Å². The van der Waals surface area contributed by atoms with Crippen molar-refractivity contribution in [2.24, 2.45) is 0 Å². The molecule has 1 N–H and O–H groups in total. The number of hydrogen-bond donors (Lipinski definition) is 1. The van der Waals surface area contributed by atoms with Gasteiger partial charge in [0.05, 0.1) is 35.1 Å². The molecule has 0 atom stereocenters. The number of nitro groups is 1. The maximum absolute atomic E-state index is 13.4. The molecule has 2 aliphatic rings. The zero-order valence-electron chi connectivity index (χ0n) is 18.4. The van der Waals surface area contributed by atoms with Crippen molar-refractivity contribution < 1.29 is 27.6 Å². The Kier molecular flexibility index (Phi) is 6.92. The van der Waals surface area contributed by atoms with E-state index in [1.165, 1.54) is 18.2 Å². The largest absolute Gasteiger partial charge is 0.416 e. The van der Waals surface area contributed by atoms with Crippen LogP contribution in [0.5, 0.6) is 0 Å². The monoisotopic (exact) mass is 478 g/mol. The molecular weight excluding hydrogens is 453 g/mol. The van der Waals surface area contributed by atoms with Gasteiger partial charge >= 0.3 is 6.18 Å². The number of piperidine rings is 1. The maximum Gasteiger partial charge on any atom is 0.416 e. The molecule has 0 aromatic heterocycles. The summed E-state index contributed by atoms with van der Waals surface area (Å²) in [5.74, 6) is -0.714. The lowest BCUT2D eigenvalue weighted by Crippen LogP contribution is -2.36. The number of benzene rings is 2. The highest BCUT2D eigenvalue weighted by Gasteiger charge is 2.32. The van der Waals surface area contributed by atoms with Crippen LogP contribution in [0.3, 0.4) is 0 Å². The highest BCUT2D eigenvalue weighted by Crippen LogP contribution is 2.37. The van der Waals surface area contributed by atoms with Gasteiger partial charge in [0, 0.05) is 37.8 Å². The third-order valence-electron chi connectivity index (χ3n) is 6.05. The summed E-state index contributed by atoms with van der Waals surface area (Å²) in [7, 11) is 0. The van der Waals surface area contributed by atoms with Gasteiger partial charge in [-0.25, -0.2) is 0 Å². The summed E-state index contributed by atoms with van der Waals surface area (Å²) in [4.78, 5) is 27.9. The number of rotatable bonds is 5. The van der Waals surface area contributed by atoms with Crippen molar-refractivity contribution in [3.05, 3.63) is 57.6 Å². The average molecular weight is 478 g/mol. The summed E-state index contributed by atoms with van der Waals surface area (Å²) in [6.07, 6.45) is -1.72. The highest BCUT2D eigenvalue weighted by molar-refractivity contribution is 6.06. The van der Waals surface area contributed by atoms with Crippen LogP contribution >= 0.6 is 0 Å². The third kappa shape index (κ3) is 5.24. The number of nitrogens with one attached hydrogen (secondary N) is 1. The van der Waals surface area contributed by atoms with Gasteiger partial charge < -0.3 is 19.9 Å². The van der Waals surface area contributed by atoms with E-state index in [-0.39, 0.29) is 16.9 Å². The summed E-state index contributed by atoms with van der Waals surface area (Å²) in [5, 5.41) is 14.3. The second-order valence-electron chi connectivity index (χ2n) is 8.29. The van der Waals surface area contributed by atoms with Gasteiger partial charge in [0.1, 0.15) is 5.69 Å². The van der Waals surface area contributed by atoms with Gasteiger partial charge in [-0.05, 0) is 49.6 Å². The molecule has 1 amide bonds. The number of anilines is 3. The van der Waals surface area contributed by atoms with Crippen LogP contribution in [0.1, 0.15) is 35.2 Å². The van der Waals surface area contributed by atoms with E-state index in [2.05, 4.69) is 5.32 Å². The van der Waals surface area contributed by atoms with Gasteiger partial charge in [0.25, 0.3) is 11.6 Å². The molecule has 0 aliphatic carbocycles. The summed E-state index contributed by atoms with van der Waals surface area (Å²) < 4.78 is 45.3. The number of hydrogen-bond acceptors (Lipinski definition) is 6. The Morgan fingerprint density at radius 3 is 2.24 bits per heavy atom.